The smallest absolute Gasteiger partial charge is 0.135 e. The van der Waals surface area contributed by atoms with Crippen LogP contribution in [-0.4, -0.2) is 36.8 Å². The molecule has 5 nitrogen and oxygen atoms in total. The van der Waals surface area contributed by atoms with Crippen molar-refractivity contribution in [2.75, 3.05) is 37.4 Å². The molecule has 2 N–H and O–H groups in total. The normalized spacial score (nSPS) is 10.8. The van der Waals surface area contributed by atoms with Crippen molar-refractivity contribution < 1.29 is 4.74 Å². The Morgan fingerprint density at radius 2 is 1.79 bits per heavy atom. The predicted molar refractivity (Wildman–Crippen MR) is 80.0 cm³/mol. The highest BCUT2D eigenvalue weighted by atomic mass is 16.5. The van der Waals surface area contributed by atoms with Crippen molar-refractivity contribution in [3.8, 4) is 0 Å². The Morgan fingerprint density at radius 3 is 2.32 bits per heavy atom. The Kier molecular flexibility index (Phi) is 6.56. The van der Waals surface area contributed by atoms with Crippen molar-refractivity contribution in [2.45, 2.75) is 40.0 Å². The lowest BCUT2D eigenvalue weighted by Gasteiger charge is -2.15. The summed E-state index contributed by atoms with van der Waals surface area (Å²) in [6.45, 7) is 10.8. The number of nitrogens with zero attached hydrogens (tertiary/aromatic N) is 2. The van der Waals surface area contributed by atoms with Gasteiger partial charge < -0.3 is 15.4 Å². The Balaban J connectivity index is 2.87. The fourth-order valence-electron chi connectivity index (χ4n) is 1.73. The lowest BCUT2D eigenvalue weighted by Crippen LogP contribution is -2.13. The molecule has 0 aliphatic heterocycles. The number of ether oxygens (including phenoxy) is 1. The lowest BCUT2D eigenvalue weighted by molar-refractivity contribution is 0.197. The average molecular weight is 266 g/mol. The van der Waals surface area contributed by atoms with Crippen LogP contribution >= 0.6 is 0 Å². The Labute approximate surface area is 116 Å². The van der Waals surface area contributed by atoms with Crippen LogP contribution in [0.4, 0.5) is 11.6 Å². The quantitative estimate of drug-likeness (QED) is 0.709. The van der Waals surface area contributed by atoms with Gasteiger partial charge in [-0.2, -0.15) is 0 Å². The van der Waals surface area contributed by atoms with Gasteiger partial charge in [0.05, 0.1) is 0 Å². The zero-order valence-electron chi connectivity index (χ0n) is 12.7. The van der Waals surface area contributed by atoms with Crippen molar-refractivity contribution in [2.24, 2.45) is 0 Å². The molecule has 0 aliphatic carbocycles. The summed E-state index contributed by atoms with van der Waals surface area (Å²) in [7, 11) is 1.72. The second-order valence-corrected chi connectivity index (χ2v) is 4.86. The molecule has 1 rings (SSSR count). The molecule has 0 bridgehead atoms. The van der Waals surface area contributed by atoms with Crippen molar-refractivity contribution in [1.82, 2.24) is 9.97 Å². The molecule has 19 heavy (non-hydrogen) atoms. The van der Waals surface area contributed by atoms with E-state index in [-0.39, 0.29) is 0 Å². The second kappa shape index (κ2) is 7.94. The zero-order valence-corrected chi connectivity index (χ0v) is 12.7. The molecule has 0 saturated heterocycles. The van der Waals surface area contributed by atoms with E-state index in [0.29, 0.717) is 5.92 Å². The highest BCUT2D eigenvalue weighted by Gasteiger charge is 2.12. The summed E-state index contributed by atoms with van der Waals surface area (Å²) in [5.74, 6) is 3.04. The van der Waals surface area contributed by atoms with Crippen molar-refractivity contribution in [1.29, 1.82) is 0 Å². The number of methoxy groups -OCH3 is 1. The molecule has 0 fully saturated rings. The minimum atomic E-state index is 0.317. The van der Waals surface area contributed by atoms with E-state index in [0.717, 1.165) is 49.1 Å². The Bertz CT molecular complexity index is 393. The molecule has 0 aromatic carbocycles. The topological polar surface area (TPSA) is 59.1 Å². The van der Waals surface area contributed by atoms with E-state index in [1.807, 2.05) is 6.92 Å². The molecule has 0 unspecified atom stereocenters. The molecule has 0 aliphatic rings. The molecular formula is C14H26N4O. The molecule has 1 heterocycles. The van der Waals surface area contributed by atoms with Crippen LogP contribution in [0.2, 0.25) is 0 Å². The summed E-state index contributed by atoms with van der Waals surface area (Å²) in [6.07, 6.45) is 0.966. The zero-order chi connectivity index (χ0) is 14.3. The number of hydrogen-bond acceptors (Lipinski definition) is 5. The standard InChI is InChI=1S/C14H26N4O/c1-6-15-13-11(4)14(16-8-7-9-19-5)18-12(17-13)10(2)3/h10H,6-9H2,1-5H3,(H2,15,16,17,18). The van der Waals surface area contributed by atoms with Crippen LogP contribution in [0.25, 0.3) is 0 Å². The van der Waals surface area contributed by atoms with E-state index in [9.17, 15) is 0 Å². The summed E-state index contributed by atoms with van der Waals surface area (Å²) >= 11 is 0. The highest BCUT2D eigenvalue weighted by Crippen LogP contribution is 2.22. The first kappa shape index (κ1) is 15.7. The van der Waals surface area contributed by atoms with Gasteiger partial charge in [-0.3, -0.25) is 0 Å². The van der Waals surface area contributed by atoms with Crippen LogP contribution in [0.3, 0.4) is 0 Å². The van der Waals surface area contributed by atoms with E-state index in [1.165, 1.54) is 0 Å². The van der Waals surface area contributed by atoms with E-state index in [1.54, 1.807) is 7.11 Å². The SMILES string of the molecule is CCNc1nc(C(C)C)nc(NCCCOC)c1C. The minimum absolute atomic E-state index is 0.317. The van der Waals surface area contributed by atoms with E-state index in [4.69, 9.17) is 4.74 Å². The number of rotatable bonds is 8. The first-order valence-corrected chi connectivity index (χ1v) is 6.95. The van der Waals surface area contributed by atoms with Gasteiger partial charge in [-0.15, -0.1) is 0 Å². The molecule has 0 amide bonds. The maximum Gasteiger partial charge on any atom is 0.135 e. The van der Waals surface area contributed by atoms with Gasteiger partial charge >= 0.3 is 0 Å². The fourth-order valence-corrected chi connectivity index (χ4v) is 1.73. The molecule has 0 spiro atoms. The third kappa shape index (κ3) is 4.67. The van der Waals surface area contributed by atoms with Gasteiger partial charge in [0.2, 0.25) is 0 Å². The monoisotopic (exact) mass is 266 g/mol. The number of aromatic nitrogens is 2. The first-order valence-electron chi connectivity index (χ1n) is 6.95. The Morgan fingerprint density at radius 1 is 1.16 bits per heavy atom. The summed E-state index contributed by atoms with van der Waals surface area (Å²) in [6, 6.07) is 0. The molecule has 108 valence electrons. The number of nitrogens with one attached hydrogen (secondary N) is 2. The number of anilines is 2. The van der Waals surface area contributed by atoms with Crippen LogP contribution < -0.4 is 10.6 Å². The summed E-state index contributed by atoms with van der Waals surface area (Å²) in [5.41, 5.74) is 1.07. The van der Waals surface area contributed by atoms with Gasteiger partial charge in [-0.25, -0.2) is 9.97 Å². The molecule has 0 radical (unpaired) electrons. The van der Waals surface area contributed by atoms with Crippen LogP contribution in [0, 0.1) is 6.92 Å². The average Bonchev–Trinajstić information content (AvgIpc) is 2.38. The minimum Gasteiger partial charge on any atom is -0.385 e. The third-order valence-electron chi connectivity index (χ3n) is 2.84. The third-order valence-corrected chi connectivity index (χ3v) is 2.84. The maximum absolute atomic E-state index is 5.05. The molecule has 0 saturated carbocycles. The van der Waals surface area contributed by atoms with Crippen LogP contribution in [0.1, 0.15) is 44.5 Å². The van der Waals surface area contributed by atoms with Crippen molar-refractivity contribution >= 4 is 11.6 Å². The van der Waals surface area contributed by atoms with Gasteiger partial charge in [-0.05, 0) is 20.3 Å². The van der Waals surface area contributed by atoms with Gasteiger partial charge in [-0.1, -0.05) is 13.8 Å². The second-order valence-electron chi connectivity index (χ2n) is 4.86. The molecule has 1 aromatic heterocycles. The molecular weight excluding hydrogens is 240 g/mol. The van der Waals surface area contributed by atoms with Gasteiger partial charge in [0.15, 0.2) is 0 Å². The van der Waals surface area contributed by atoms with Crippen LogP contribution in [-0.2, 0) is 4.74 Å². The van der Waals surface area contributed by atoms with Gasteiger partial charge in [0.1, 0.15) is 17.5 Å². The predicted octanol–water partition coefficient (Wildman–Crippen LogP) is 2.79. The van der Waals surface area contributed by atoms with Crippen molar-refractivity contribution in [3.05, 3.63) is 11.4 Å². The van der Waals surface area contributed by atoms with Gasteiger partial charge in [0, 0.05) is 38.3 Å². The molecule has 1 aromatic rings. The fraction of sp³-hybridized carbons (Fsp3) is 0.714. The van der Waals surface area contributed by atoms with Gasteiger partial charge in [0.25, 0.3) is 0 Å². The van der Waals surface area contributed by atoms with E-state index >= 15 is 0 Å². The van der Waals surface area contributed by atoms with E-state index < -0.39 is 0 Å². The summed E-state index contributed by atoms with van der Waals surface area (Å²) in [4.78, 5) is 9.19. The molecule has 5 heteroatoms. The summed E-state index contributed by atoms with van der Waals surface area (Å²) < 4.78 is 5.05. The highest BCUT2D eigenvalue weighted by molar-refractivity contribution is 5.57. The van der Waals surface area contributed by atoms with Crippen molar-refractivity contribution in [3.63, 3.8) is 0 Å². The molecule has 0 atom stereocenters. The van der Waals surface area contributed by atoms with Crippen LogP contribution in [0.5, 0.6) is 0 Å². The number of hydrogen-bond donors (Lipinski definition) is 2. The maximum atomic E-state index is 5.05. The largest absolute Gasteiger partial charge is 0.385 e. The lowest BCUT2D eigenvalue weighted by atomic mass is 10.2. The first-order chi connectivity index (χ1) is 9.10. The van der Waals surface area contributed by atoms with E-state index in [2.05, 4.69) is 41.4 Å². The van der Waals surface area contributed by atoms with Crippen LogP contribution in [0.15, 0.2) is 0 Å². The summed E-state index contributed by atoms with van der Waals surface area (Å²) in [5, 5.41) is 6.67. The Hall–Kier alpha value is -1.36.